The molecule has 104 valence electrons. The summed E-state index contributed by atoms with van der Waals surface area (Å²) in [5.41, 5.74) is 2.02. The maximum Gasteiger partial charge on any atom is 0.407 e. The second kappa shape index (κ2) is 5.93. The number of nitrogens with one attached hydrogen (secondary N) is 1. The number of alkyl carbamates (subject to hydrolysis) is 1. The number of methoxy groups -OCH3 is 1. The molecule has 1 amide bonds. The van der Waals surface area contributed by atoms with Crippen LogP contribution in [0.5, 0.6) is 0 Å². The van der Waals surface area contributed by atoms with E-state index in [2.05, 4.69) is 15.0 Å². The van der Waals surface area contributed by atoms with E-state index in [0.29, 0.717) is 0 Å². The number of hydrogen-bond acceptors (Lipinski definition) is 4. The summed E-state index contributed by atoms with van der Waals surface area (Å²) in [4.78, 5) is 13.4. The van der Waals surface area contributed by atoms with E-state index in [0.717, 1.165) is 30.8 Å². The van der Waals surface area contributed by atoms with Crippen molar-refractivity contribution in [3.05, 3.63) is 29.8 Å². The Morgan fingerprint density at radius 3 is 2.74 bits per heavy atom. The molecule has 1 unspecified atom stereocenters. The van der Waals surface area contributed by atoms with Crippen LogP contribution in [0.25, 0.3) is 0 Å². The van der Waals surface area contributed by atoms with Gasteiger partial charge in [-0.05, 0) is 31.0 Å². The van der Waals surface area contributed by atoms with E-state index in [1.54, 1.807) is 6.92 Å². The van der Waals surface area contributed by atoms with Crippen molar-refractivity contribution in [3.63, 3.8) is 0 Å². The van der Waals surface area contributed by atoms with Crippen molar-refractivity contribution in [1.82, 2.24) is 5.32 Å². The van der Waals surface area contributed by atoms with Gasteiger partial charge in [0.1, 0.15) is 0 Å². The fourth-order valence-corrected chi connectivity index (χ4v) is 2.30. The Labute approximate surface area is 113 Å². The van der Waals surface area contributed by atoms with Crippen LogP contribution in [-0.4, -0.2) is 37.4 Å². The van der Waals surface area contributed by atoms with E-state index in [1.807, 2.05) is 24.3 Å². The lowest BCUT2D eigenvalue weighted by molar-refractivity contribution is 0.167. The second-order valence-corrected chi connectivity index (χ2v) is 4.84. The fourth-order valence-electron chi connectivity index (χ4n) is 2.30. The molecule has 1 heterocycles. The number of anilines is 1. The van der Waals surface area contributed by atoms with Crippen LogP contribution in [-0.2, 0) is 4.74 Å². The van der Waals surface area contributed by atoms with E-state index in [-0.39, 0.29) is 12.1 Å². The van der Waals surface area contributed by atoms with Crippen molar-refractivity contribution in [2.45, 2.75) is 25.5 Å². The van der Waals surface area contributed by atoms with Crippen molar-refractivity contribution < 1.29 is 14.6 Å². The van der Waals surface area contributed by atoms with Gasteiger partial charge in [-0.1, -0.05) is 12.1 Å². The predicted molar refractivity (Wildman–Crippen MR) is 73.2 cm³/mol. The smallest absolute Gasteiger partial charge is 0.407 e. The minimum absolute atomic E-state index is 0.129. The van der Waals surface area contributed by atoms with Crippen LogP contribution < -0.4 is 10.2 Å². The molecule has 2 rings (SSSR count). The fraction of sp³-hybridized carbons (Fsp3) is 0.500. The molecule has 1 fully saturated rings. The van der Waals surface area contributed by atoms with Gasteiger partial charge in [0.25, 0.3) is 0 Å². The number of hydrogen-bond donors (Lipinski definition) is 2. The first-order valence-electron chi connectivity index (χ1n) is 6.47. The van der Waals surface area contributed by atoms with Gasteiger partial charge in [0.15, 0.2) is 0 Å². The summed E-state index contributed by atoms with van der Waals surface area (Å²) < 4.78 is 4.60. The standard InChI is InChI=1S/C14H20N2O3/c1-10(17)11-3-5-13(6-4-11)16-8-7-12(9-16)15-14(18)19-2/h3-6,10,12,17H,7-9H2,1-2H3,(H,15,18)/t10-,12?/m0/s1. The number of amides is 1. The third-order valence-electron chi connectivity index (χ3n) is 3.44. The zero-order chi connectivity index (χ0) is 13.8. The van der Waals surface area contributed by atoms with Gasteiger partial charge in [-0.15, -0.1) is 0 Å². The molecule has 1 saturated heterocycles. The highest BCUT2D eigenvalue weighted by Gasteiger charge is 2.24. The molecule has 2 N–H and O–H groups in total. The molecule has 0 spiro atoms. The van der Waals surface area contributed by atoms with Gasteiger partial charge in [0.05, 0.1) is 19.3 Å². The maximum atomic E-state index is 11.2. The SMILES string of the molecule is COC(=O)NC1CCN(c2ccc([C@H](C)O)cc2)C1. The molecule has 0 bridgehead atoms. The van der Waals surface area contributed by atoms with Crippen LogP contribution in [0.4, 0.5) is 10.5 Å². The second-order valence-electron chi connectivity index (χ2n) is 4.84. The molecule has 0 aliphatic carbocycles. The number of carbonyl (C=O) groups is 1. The zero-order valence-electron chi connectivity index (χ0n) is 11.3. The first kappa shape index (κ1) is 13.7. The molecular formula is C14H20N2O3. The summed E-state index contributed by atoms with van der Waals surface area (Å²) in [6, 6.07) is 8.00. The topological polar surface area (TPSA) is 61.8 Å². The van der Waals surface area contributed by atoms with Gasteiger partial charge < -0.3 is 20.1 Å². The molecule has 0 saturated carbocycles. The summed E-state index contributed by atoms with van der Waals surface area (Å²) in [7, 11) is 1.37. The molecule has 1 aromatic rings. The van der Waals surface area contributed by atoms with Gasteiger partial charge in [-0.25, -0.2) is 4.79 Å². The highest BCUT2D eigenvalue weighted by atomic mass is 16.5. The lowest BCUT2D eigenvalue weighted by Gasteiger charge is -2.19. The van der Waals surface area contributed by atoms with Crippen molar-refractivity contribution in [1.29, 1.82) is 0 Å². The zero-order valence-corrected chi connectivity index (χ0v) is 11.3. The lowest BCUT2D eigenvalue weighted by atomic mass is 10.1. The average molecular weight is 264 g/mol. The summed E-state index contributed by atoms with van der Waals surface area (Å²) in [5.74, 6) is 0. The molecule has 19 heavy (non-hydrogen) atoms. The summed E-state index contributed by atoms with van der Waals surface area (Å²) in [5, 5.41) is 12.3. The molecule has 1 aliphatic rings. The maximum absolute atomic E-state index is 11.2. The van der Waals surface area contributed by atoms with Crippen molar-refractivity contribution in [3.8, 4) is 0 Å². The molecule has 2 atom stereocenters. The Morgan fingerprint density at radius 1 is 1.47 bits per heavy atom. The molecule has 1 aliphatic heterocycles. The Bertz CT molecular complexity index is 431. The van der Waals surface area contributed by atoms with Crippen LogP contribution in [0.1, 0.15) is 25.0 Å². The monoisotopic (exact) mass is 264 g/mol. The van der Waals surface area contributed by atoms with E-state index < -0.39 is 6.10 Å². The molecule has 1 aromatic carbocycles. The third-order valence-corrected chi connectivity index (χ3v) is 3.44. The van der Waals surface area contributed by atoms with Gasteiger partial charge in [0.2, 0.25) is 0 Å². The minimum Gasteiger partial charge on any atom is -0.453 e. The first-order chi connectivity index (χ1) is 9.10. The Hall–Kier alpha value is -1.75. The number of carbonyl (C=O) groups excluding carboxylic acids is 1. The van der Waals surface area contributed by atoms with Gasteiger partial charge in [0, 0.05) is 18.8 Å². The minimum atomic E-state index is -0.443. The van der Waals surface area contributed by atoms with Gasteiger partial charge >= 0.3 is 6.09 Å². The highest BCUT2D eigenvalue weighted by Crippen LogP contribution is 2.22. The van der Waals surface area contributed by atoms with Crippen LogP contribution in [0.15, 0.2) is 24.3 Å². The third kappa shape index (κ3) is 3.38. The molecule has 0 aromatic heterocycles. The van der Waals surface area contributed by atoms with Crippen LogP contribution in [0.2, 0.25) is 0 Å². The van der Waals surface area contributed by atoms with Gasteiger partial charge in [-0.3, -0.25) is 0 Å². The van der Waals surface area contributed by atoms with E-state index in [4.69, 9.17) is 0 Å². The summed E-state index contributed by atoms with van der Waals surface area (Å²) >= 11 is 0. The Balaban J connectivity index is 1.95. The van der Waals surface area contributed by atoms with Crippen LogP contribution in [0, 0.1) is 0 Å². The van der Waals surface area contributed by atoms with Crippen molar-refractivity contribution >= 4 is 11.8 Å². The number of aliphatic hydroxyl groups excluding tert-OH is 1. The van der Waals surface area contributed by atoms with E-state index in [1.165, 1.54) is 7.11 Å². The number of aliphatic hydroxyl groups is 1. The average Bonchev–Trinajstić information content (AvgIpc) is 2.87. The number of ether oxygens (including phenoxy) is 1. The highest BCUT2D eigenvalue weighted by molar-refractivity contribution is 5.67. The van der Waals surface area contributed by atoms with E-state index in [9.17, 15) is 9.90 Å². The van der Waals surface area contributed by atoms with Crippen molar-refractivity contribution in [2.24, 2.45) is 0 Å². The molecule has 0 radical (unpaired) electrons. The van der Waals surface area contributed by atoms with Crippen LogP contribution >= 0.6 is 0 Å². The number of rotatable bonds is 3. The molecule has 5 heteroatoms. The molecule has 5 nitrogen and oxygen atoms in total. The van der Waals surface area contributed by atoms with Gasteiger partial charge in [-0.2, -0.15) is 0 Å². The lowest BCUT2D eigenvalue weighted by Crippen LogP contribution is -2.36. The number of nitrogens with zero attached hydrogens (tertiary/aromatic N) is 1. The normalized spacial score (nSPS) is 20.2. The van der Waals surface area contributed by atoms with Crippen molar-refractivity contribution in [2.75, 3.05) is 25.1 Å². The van der Waals surface area contributed by atoms with E-state index >= 15 is 0 Å². The molecular weight excluding hydrogens is 244 g/mol. The number of benzene rings is 1. The van der Waals surface area contributed by atoms with Crippen LogP contribution in [0.3, 0.4) is 0 Å². The Morgan fingerprint density at radius 2 is 2.16 bits per heavy atom. The Kier molecular flexibility index (Phi) is 4.27. The quantitative estimate of drug-likeness (QED) is 0.872. The summed E-state index contributed by atoms with van der Waals surface area (Å²) in [6.07, 6.45) is 0.0884. The first-order valence-corrected chi connectivity index (χ1v) is 6.47. The largest absolute Gasteiger partial charge is 0.453 e. The summed E-state index contributed by atoms with van der Waals surface area (Å²) in [6.45, 7) is 3.44. The predicted octanol–water partition coefficient (Wildman–Crippen LogP) is 1.67.